The molecule has 0 spiro atoms. The Labute approximate surface area is 95.2 Å². The molecular weight excluding hydrogens is 209 g/mol. The molecule has 1 unspecified atom stereocenters. The summed E-state index contributed by atoms with van der Waals surface area (Å²) in [5, 5.41) is 9.71. The minimum Gasteiger partial charge on any atom is -0.387 e. The van der Waals surface area contributed by atoms with Gasteiger partial charge in [0.25, 0.3) is 0 Å². The van der Waals surface area contributed by atoms with E-state index < -0.39 is 6.10 Å². The van der Waals surface area contributed by atoms with Crippen LogP contribution < -0.4 is 5.48 Å². The van der Waals surface area contributed by atoms with E-state index >= 15 is 0 Å². The minimum atomic E-state index is -0.687. The molecule has 90 valence electrons. The summed E-state index contributed by atoms with van der Waals surface area (Å²) in [4.78, 5) is 5.13. The number of rotatable bonds is 6. The van der Waals surface area contributed by atoms with Crippen molar-refractivity contribution >= 4 is 0 Å². The first-order valence-electron chi connectivity index (χ1n) is 5.37. The number of aliphatic hydroxyl groups is 1. The van der Waals surface area contributed by atoms with Gasteiger partial charge in [-0.25, -0.2) is 4.39 Å². The van der Waals surface area contributed by atoms with Crippen LogP contribution in [-0.4, -0.2) is 18.3 Å². The van der Waals surface area contributed by atoms with Crippen LogP contribution in [0.1, 0.15) is 25.5 Å². The van der Waals surface area contributed by atoms with Crippen molar-refractivity contribution in [3.05, 3.63) is 35.6 Å². The van der Waals surface area contributed by atoms with E-state index in [-0.39, 0.29) is 5.82 Å². The molecule has 0 heterocycles. The highest BCUT2D eigenvalue weighted by molar-refractivity contribution is 5.18. The van der Waals surface area contributed by atoms with Crippen molar-refractivity contribution in [2.75, 3.05) is 13.2 Å². The zero-order valence-electron chi connectivity index (χ0n) is 9.61. The maximum Gasteiger partial charge on any atom is 0.123 e. The van der Waals surface area contributed by atoms with Gasteiger partial charge in [-0.05, 0) is 23.6 Å². The number of halogens is 1. The molecule has 0 saturated carbocycles. The van der Waals surface area contributed by atoms with E-state index in [1.54, 1.807) is 12.1 Å². The van der Waals surface area contributed by atoms with Crippen LogP contribution in [0.2, 0.25) is 0 Å². The molecule has 1 aromatic carbocycles. The van der Waals surface area contributed by atoms with Crippen molar-refractivity contribution in [2.24, 2.45) is 5.92 Å². The first-order valence-corrected chi connectivity index (χ1v) is 5.37. The lowest BCUT2D eigenvalue weighted by atomic mass is 10.1. The maximum absolute atomic E-state index is 12.6. The van der Waals surface area contributed by atoms with E-state index in [0.29, 0.717) is 24.6 Å². The van der Waals surface area contributed by atoms with Crippen LogP contribution in [0.15, 0.2) is 24.3 Å². The highest BCUT2D eigenvalue weighted by Crippen LogP contribution is 2.12. The summed E-state index contributed by atoms with van der Waals surface area (Å²) in [5.41, 5.74) is 3.35. The maximum atomic E-state index is 12.6. The van der Waals surface area contributed by atoms with E-state index in [1.807, 2.05) is 13.8 Å². The lowest BCUT2D eigenvalue weighted by Crippen LogP contribution is -2.23. The van der Waals surface area contributed by atoms with Gasteiger partial charge >= 0.3 is 0 Å². The predicted octanol–water partition coefficient (Wildman–Crippen LogP) is 2.04. The SMILES string of the molecule is CC(C)CONCC(O)c1ccc(F)cc1. The van der Waals surface area contributed by atoms with E-state index in [4.69, 9.17) is 4.84 Å². The lowest BCUT2D eigenvalue weighted by molar-refractivity contribution is 0.000332. The molecule has 1 rings (SSSR count). The average molecular weight is 227 g/mol. The van der Waals surface area contributed by atoms with Crippen molar-refractivity contribution in [3.63, 3.8) is 0 Å². The molecule has 0 amide bonds. The van der Waals surface area contributed by atoms with E-state index in [2.05, 4.69) is 5.48 Å². The summed E-state index contributed by atoms with van der Waals surface area (Å²) < 4.78 is 12.6. The molecule has 2 N–H and O–H groups in total. The number of hydrogen-bond acceptors (Lipinski definition) is 3. The molecule has 0 aliphatic heterocycles. The van der Waals surface area contributed by atoms with Crippen molar-refractivity contribution in [1.82, 2.24) is 5.48 Å². The Morgan fingerprint density at radius 1 is 1.31 bits per heavy atom. The number of benzene rings is 1. The van der Waals surface area contributed by atoms with E-state index in [9.17, 15) is 9.50 Å². The summed E-state index contributed by atoms with van der Waals surface area (Å²) >= 11 is 0. The van der Waals surface area contributed by atoms with Crippen LogP contribution in [0.4, 0.5) is 4.39 Å². The zero-order chi connectivity index (χ0) is 12.0. The number of hydrogen-bond donors (Lipinski definition) is 2. The molecule has 0 saturated heterocycles. The van der Waals surface area contributed by atoms with Crippen molar-refractivity contribution in [1.29, 1.82) is 0 Å². The third-order valence-corrected chi connectivity index (χ3v) is 2.05. The van der Waals surface area contributed by atoms with Gasteiger partial charge in [-0.15, -0.1) is 0 Å². The molecule has 1 atom stereocenters. The van der Waals surface area contributed by atoms with Crippen molar-refractivity contribution in [3.8, 4) is 0 Å². The summed E-state index contributed by atoms with van der Waals surface area (Å²) in [7, 11) is 0. The molecule has 4 heteroatoms. The van der Waals surface area contributed by atoms with Crippen LogP contribution in [0.5, 0.6) is 0 Å². The van der Waals surface area contributed by atoms with Gasteiger partial charge in [0, 0.05) is 0 Å². The molecular formula is C12H18FNO2. The first-order chi connectivity index (χ1) is 7.59. The smallest absolute Gasteiger partial charge is 0.123 e. The normalized spacial score (nSPS) is 13.1. The number of nitrogens with one attached hydrogen (secondary N) is 1. The second-order valence-corrected chi connectivity index (χ2v) is 4.12. The summed E-state index contributed by atoms with van der Waals surface area (Å²) in [5.74, 6) is 0.135. The van der Waals surface area contributed by atoms with Gasteiger partial charge in [0.15, 0.2) is 0 Å². The molecule has 16 heavy (non-hydrogen) atoms. The van der Waals surface area contributed by atoms with Gasteiger partial charge in [0.1, 0.15) is 5.82 Å². The fraction of sp³-hybridized carbons (Fsp3) is 0.500. The third kappa shape index (κ3) is 4.70. The molecule has 1 aromatic rings. The molecule has 0 fully saturated rings. The largest absolute Gasteiger partial charge is 0.387 e. The van der Waals surface area contributed by atoms with Crippen molar-refractivity contribution < 1.29 is 14.3 Å². The lowest BCUT2D eigenvalue weighted by Gasteiger charge is -2.13. The fourth-order valence-electron chi connectivity index (χ4n) is 1.17. The first kappa shape index (κ1) is 13.1. The van der Waals surface area contributed by atoms with Crippen LogP contribution in [0, 0.1) is 11.7 Å². The van der Waals surface area contributed by atoms with Gasteiger partial charge in [-0.1, -0.05) is 26.0 Å². The van der Waals surface area contributed by atoms with Crippen LogP contribution in [-0.2, 0) is 4.84 Å². The fourth-order valence-corrected chi connectivity index (χ4v) is 1.17. The molecule has 0 aromatic heterocycles. The van der Waals surface area contributed by atoms with Gasteiger partial charge < -0.3 is 9.94 Å². The Morgan fingerprint density at radius 2 is 1.94 bits per heavy atom. The summed E-state index contributed by atoms with van der Waals surface area (Å²) in [6, 6.07) is 5.77. The third-order valence-electron chi connectivity index (χ3n) is 2.05. The molecule has 0 aliphatic rings. The highest BCUT2D eigenvalue weighted by atomic mass is 19.1. The monoisotopic (exact) mass is 227 g/mol. The predicted molar refractivity (Wildman–Crippen MR) is 60.2 cm³/mol. The molecule has 0 radical (unpaired) electrons. The van der Waals surface area contributed by atoms with Crippen molar-refractivity contribution in [2.45, 2.75) is 20.0 Å². The summed E-state index contributed by atoms with van der Waals surface area (Å²) in [6.07, 6.45) is -0.687. The Balaban J connectivity index is 2.29. The topological polar surface area (TPSA) is 41.5 Å². The van der Waals surface area contributed by atoms with Crippen LogP contribution in [0.3, 0.4) is 0 Å². The Hall–Kier alpha value is -0.970. The van der Waals surface area contributed by atoms with E-state index in [0.717, 1.165) is 0 Å². The highest BCUT2D eigenvalue weighted by Gasteiger charge is 2.07. The van der Waals surface area contributed by atoms with Gasteiger partial charge in [0.2, 0.25) is 0 Å². The van der Waals surface area contributed by atoms with Gasteiger partial charge in [0.05, 0.1) is 19.3 Å². The zero-order valence-corrected chi connectivity index (χ0v) is 9.61. The number of aliphatic hydroxyl groups excluding tert-OH is 1. The van der Waals surface area contributed by atoms with Gasteiger partial charge in [-0.2, -0.15) is 5.48 Å². The minimum absolute atomic E-state index is 0.290. The molecule has 0 aliphatic carbocycles. The standard InChI is InChI=1S/C12H18FNO2/c1-9(2)8-16-14-7-12(15)10-3-5-11(13)6-4-10/h3-6,9,12,14-15H,7-8H2,1-2H3. The summed E-state index contributed by atoms with van der Waals surface area (Å²) in [6.45, 7) is 4.96. The van der Waals surface area contributed by atoms with Gasteiger partial charge in [-0.3, -0.25) is 0 Å². The second-order valence-electron chi connectivity index (χ2n) is 4.12. The van der Waals surface area contributed by atoms with Crippen LogP contribution >= 0.6 is 0 Å². The van der Waals surface area contributed by atoms with Crippen LogP contribution in [0.25, 0.3) is 0 Å². The van der Waals surface area contributed by atoms with E-state index in [1.165, 1.54) is 12.1 Å². The second kappa shape index (κ2) is 6.58. The average Bonchev–Trinajstić information content (AvgIpc) is 2.25. The number of hydroxylamine groups is 1. The molecule has 0 bridgehead atoms. The Kier molecular flexibility index (Phi) is 5.38. The Morgan fingerprint density at radius 3 is 2.50 bits per heavy atom. The quantitative estimate of drug-likeness (QED) is 0.577. The Bertz CT molecular complexity index is 300. The molecule has 3 nitrogen and oxygen atoms in total.